The zero-order valence-corrected chi connectivity index (χ0v) is 17.6. The molecule has 3 aromatic rings. The number of halogens is 1. The van der Waals surface area contributed by atoms with Gasteiger partial charge in [0, 0.05) is 29.7 Å². The van der Waals surface area contributed by atoms with Gasteiger partial charge in [-0.3, -0.25) is 14.4 Å². The van der Waals surface area contributed by atoms with Crippen molar-refractivity contribution in [2.75, 3.05) is 5.32 Å². The Balaban J connectivity index is 1.53. The van der Waals surface area contributed by atoms with Crippen molar-refractivity contribution in [1.82, 2.24) is 5.32 Å². The van der Waals surface area contributed by atoms with Crippen LogP contribution in [0.3, 0.4) is 0 Å². The van der Waals surface area contributed by atoms with E-state index >= 15 is 0 Å². The summed E-state index contributed by atoms with van der Waals surface area (Å²) in [5.41, 5.74) is 2.64. The molecule has 0 aliphatic heterocycles. The lowest BCUT2D eigenvalue weighted by Gasteiger charge is -2.09. The SMILES string of the molecule is CC(=O)Oc1cccc(C(=O)Nc2ccc(CNC(=O)Cc3ccccc3Cl)cc2)c1. The third kappa shape index (κ3) is 6.69. The molecular formula is C24H21ClN2O4. The largest absolute Gasteiger partial charge is 0.427 e. The molecule has 0 heterocycles. The van der Waals surface area contributed by atoms with E-state index in [0.29, 0.717) is 28.6 Å². The number of hydrogen-bond donors (Lipinski definition) is 2. The van der Waals surface area contributed by atoms with Crippen molar-refractivity contribution in [2.45, 2.75) is 19.9 Å². The van der Waals surface area contributed by atoms with Crippen LogP contribution in [0.5, 0.6) is 5.75 Å². The molecule has 0 unspecified atom stereocenters. The van der Waals surface area contributed by atoms with Crippen molar-refractivity contribution in [1.29, 1.82) is 0 Å². The highest BCUT2D eigenvalue weighted by molar-refractivity contribution is 6.31. The molecule has 7 heteroatoms. The van der Waals surface area contributed by atoms with Gasteiger partial charge in [0.15, 0.2) is 0 Å². The third-order valence-corrected chi connectivity index (χ3v) is 4.74. The molecule has 158 valence electrons. The average Bonchev–Trinajstić information content (AvgIpc) is 2.74. The van der Waals surface area contributed by atoms with Gasteiger partial charge in [-0.05, 0) is 47.5 Å². The van der Waals surface area contributed by atoms with E-state index in [1.54, 1.807) is 36.4 Å². The van der Waals surface area contributed by atoms with Crippen LogP contribution in [0.25, 0.3) is 0 Å². The Morgan fingerprint density at radius 1 is 0.935 bits per heavy atom. The zero-order valence-electron chi connectivity index (χ0n) is 16.9. The van der Waals surface area contributed by atoms with E-state index in [4.69, 9.17) is 16.3 Å². The number of ether oxygens (including phenoxy) is 1. The molecule has 0 fully saturated rings. The standard InChI is InChI=1S/C24H21ClN2O4/c1-16(28)31-21-7-4-6-19(13-21)24(30)27-20-11-9-17(10-12-20)15-26-23(29)14-18-5-2-3-8-22(18)25/h2-13H,14-15H2,1H3,(H,26,29)(H,27,30). The summed E-state index contributed by atoms with van der Waals surface area (Å²) in [6.07, 6.45) is 0.209. The quantitative estimate of drug-likeness (QED) is 0.425. The van der Waals surface area contributed by atoms with Crippen LogP contribution < -0.4 is 15.4 Å². The average molecular weight is 437 g/mol. The molecule has 2 N–H and O–H groups in total. The number of carbonyl (C=O) groups is 3. The maximum Gasteiger partial charge on any atom is 0.308 e. The highest BCUT2D eigenvalue weighted by atomic mass is 35.5. The fourth-order valence-electron chi connectivity index (χ4n) is 2.85. The molecule has 0 saturated carbocycles. The minimum absolute atomic E-state index is 0.127. The minimum atomic E-state index is -0.452. The molecule has 3 aromatic carbocycles. The van der Waals surface area contributed by atoms with Gasteiger partial charge in [0.25, 0.3) is 5.91 Å². The number of nitrogens with one attached hydrogen (secondary N) is 2. The summed E-state index contributed by atoms with van der Waals surface area (Å²) in [7, 11) is 0. The van der Waals surface area contributed by atoms with Crippen molar-refractivity contribution in [3.8, 4) is 5.75 Å². The lowest BCUT2D eigenvalue weighted by atomic mass is 10.1. The van der Waals surface area contributed by atoms with Gasteiger partial charge in [-0.1, -0.05) is 48.0 Å². The highest BCUT2D eigenvalue weighted by Gasteiger charge is 2.09. The summed E-state index contributed by atoms with van der Waals surface area (Å²) in [6, 6.07) is 20.8. The lowest BCUT2D eigenvalue weighted by Crippen LogP contribution is -2.24. The number of rotatable bonds is 7. The molecule has 6 nitrogen and oxygen atoms in total. The Kier molecular flexibility index (Phi) is 7.40. The number of esters is 1. The minimum Gasteiger partial charge on any atom is -0.427 e. The molecular weight excluding hydrogens is 416 g/mol. The summed E-state index contributed by atoms with van der Waals surface area (Å²) in [6.45, 7) is 1.66. The van der Waals surface area contributed by atoms with Crippen molar-refractivity contribution in [3.05, 3.63) is 94.5 Å². The van der Waals surface area contributed by atoms with E-state index in [2.05, 4.69) is 10.6 Å². The van der Waals surface area contributed by atoms with Crippen molar-refractivity contribution >= 4 is 35.1 Å². The summed E-state index contributed by atoms with van der Waals surface area (Å²) >= 11 is 6.08. The van der Waals surface area contributed by atoms with E-state index < -0.39 is 5.97 Å². The third-order valence-electron chi connectivity index (χ3n) is 4.37. The summed E-state index contributed by atoms with van der Waals surface area (Å²) in [5, 5.41) is 6.21. The number of hydrogen-bond acceptors (Lipinski definition) is 4. The second kappa shape index (κ2) is 10.4. The first-order valence-electron chi connectivity index (χ1n) is 9.59. The van der Waals surface area contributed by atoms with Crippen molar-refractivity contribution in [3.63, 3.8) is 0 Å². The number of amides is 2. The summed E-state index contributed by atoms with van der Waals surface area (Å²) < 4.78 is 5.00. The first-order valence-corrected chi connectivity index (χ1v) is 9.97. The highest BCUT2D eigenvalue weighted by Crippen LogP contribution is 2.17. The van der Waals surface area contributed by atoms with E-state index in [1.165, 1.54) is 13.0 Å². The van der Waals surface area contributed by atoms with Gasteiger partial charge < -0.3 is 15.4 Å². The van der Waals surface area contributed by atoms with Crippen LogP contribution in [-0.2, 0) is 22.6 Å². The van der Waals surface area contributed by atoms with Crippen LogP contribution in [0.15, 0.2) is 72.8 Å². The number of benzene rings is 3. The van der Waals surface area contributed by atoms with Gasteiger partial charge in [0.1, 0.15) is 5.75 Å². The maximum atomic E-state index is 12.4. The molecule has 0 aliphatic rings. The molecule has 3 rings (SSSR count). The second-order valence-electron chi connectivity index (χ2n) is 6.82. The summed E-state index contributed by atoms with van der Waals surface area (Å²) in [4.78, 5) is 35.6. The fourth-order valence-corrected chi connectivity index (χ4v) is 3.06. The summed E-state index contributed by atoms with van der Waals surface area (Å²) in [5.74, 6) is -0.594. The van der Waals surface area contributed by atoms with E-state index in [-0.39, 0.29) is 18.2 Å². The van der Waals surface area contributed by atoms with Crippen LogP contribution in [0, 0.1) is 0 Å². The monoisotopic (exact) mass is 436 g/mol. The predicted octanol–water partition coefficient (Wildman–Crippen LogP) is 4.38. The molecule has 31 heavy (non-hydrogen) atoms. The van der Waals surface area contributed by atoms with Crippen molar-refractivity contribution in [2.24, 2.45) is 0 Å². The molecule has 0 spiro atoms. The second-order valence-corrected chi connectivity index (χ2v) is 7.22. The molecule has 0 radical (unpaired) electrons. The zero-order chi connectivity index (χ0) is 22.2. The Bertz CT molecular complexity index is 1100. The Hall–Kier alpha value is -3.64. The number of anilines is 1. The van der Waals surface area contributed by atoms with Gasteiger partial charge in [-0.25, -0.2) is 0 Å². The van der Waals surface area contributed by atoms with Crippen molar-refractivity contribution < 1.29 is 19.1 Å². The molecule has 0 saturated heterocycles. The van der Waals surface area contributed by atoms with Crippen LogP contribution in [0.1, 0.15) is 28.4 Å². The topological polar surface area (TPSA) is 84.5 Å². The number of carbonyl (C=O) groups excluding carboxylic acids is 3. The fraction of sp³-hybridized carbons (Fsp3) is 0.125. The van der Waals surface area contributed by atoms with E-state index in [1.807, 2.05) is 30.3 Å². The molecule has 2 amide bonds. The smallest absolute Gasteiger partial charge is 0.308 e. The van der Waals surface area contributed by atoms with Crippen LogP contribution >= 0.6 is 11.6 Å². The van der Waals surface area contributed by atoms with E-state index in [9.17, 15) is 14.4 Å². The lowest BCUT2D eigenvalue weighted by molar-refractivity contribution is -0.131. The predicted molar refractivity (Wildman–Crippen MR) is 119 cm³/mol. The Morgan fingerprint density at radius 3 is 2.39 bits per heavy atom. The first-order chi connectivity index (χ1) is 14.9. The molecule has 0 aromatic heterocycles. The normalized spacial score (nSPS) is 10.3. The Labute approximate surface area is 185 Å². The van der Waals surface area contributed by atoms with Gasteiger partial charge in [0.2, 0.25) is 5.91 Å². The van der Waals surface area contributed by atoms with Gasteiger partial charge in [-0.15, -0.1) is 0 Å². The molecule has 0 atom stereocenters. The van der Waals surface area contributed by atoms with Gasteiger partial charge in [0.05, 0.1) is 6.42 Å². The van der Waals surface area contributed by atoms with E-state index in [0.717, 1.165) is 11.1 Å². The molecule has 0 bridgehead atoms. The van der Waals surface area contributed by atoms with Gasteiger partial charge in [-0.2, -0.15) is 0 Å². The maximum absolute atomic E-state index is 12.4. The van der Waals surface area contributed by atoms with Crippen LogP contribution in [0.4, 0.5) is 5.69 Å². The Morgan fingerprint density at radius 2 is 1.68 bits per heavy atom. The molecule has 0 aliphatic carbocycles. The van der Waals surface area contributed by atoms with Gasteiger partial charge >= 0.3 is 5.97 Å². The first kappa shape index (κ1) is 22.1. The van der Waals surface area contributed by atoms with Crippen LogP contribution in [-0.4, -0.2) is 17.8 Å². The van der Waals surface area contributed by atoms with Crippen LogP contribution in [0.2, 0.25) is 5.02 Å².